The topological polar surface area (TPSA) is 26.3 Å². The van der Waals surface area contributed by atoms with Crippen molar-refractivity contribution in [2.24, 2.45) is 0 Å². The van der Waals surface area contributed by atoms with E-state index in [2.05, 4.69) is 6.92 Å². The molecule has 1 atom stereocenters. The first kappa shape index (κ1) is 14.3. The van der Waals surface area contributed by atoms with Gasteiger partial charge >= 0.3 is 0 Å². The molecule has 0 bridgehead atoms. The molecule has 2 nitrogen and oxygen atoms in total. The number of methoxy groups -OCH3 is 1. The summed E-state index contributed by atoms with van der Waals surface area (Å²) in [6, 6.07) is 17.4. The third-order valence-corrected chi connectivity index (χ3v) is 3.47. The van der Waals surface area contributed by atoms with Gasteiger partial charge in [0, 0.05) is 11.5 Å². The maximum absolute atomic E-state index is 12.7. The fraction of sp³-hybridized carbons (Fsp3) is 0.278. The Labute approximate surface area is 120 Å². The Morgan fingerprint density at radius 3 is 2.25 bits per heavy atom. The van der Waals surface area contributed by atoms with Gasteiger partial charge in [-0.1, -0.05) is 43.7 Å². The van der Waals surface area contributed by atoms with E-state index in [0.717, 1.165) is 29.7 Å². The highest BCUT2D eigenvalue weighted by atomic mass is 16.5. The summed E-state index contributed by atoms with van der Waals surface area (Å²) in [7, 11) is 1.63. The molecule has 0 unspecified atom stereocenters. The summed E-state index contributed by atoms with van der Waals surface area (Å²) in [5.74, 6) is 0.892. The second-order valence-corrected chi connectivity index (χ2v) is 4.84. The first-order valence-electron chi connectivity index (χ1n) is 6.99. The summed E-state index contributed by atoms with van der Waals surface area (Å²) in [6.07, 6.45) is 1.86. The van der Waals surface area contributed by atoms with Gasteiger partial charge in [0.25, 0.3) is 0 Å². The van der Waals surface area contributed by atoms with Crippen molar-refractivity contribution in [3.8, 4) is 5.75 Å². The van der Waals surface area contributed by atoms with E-state index in [1.54, 1.807) is 7.11 Å². The number of benzene rings is 2. The van der Waals surface area contributed by atoms with E-state index < -0.39 is 0 Å². The number of carbonyl (C=O) groups excluding carboxylic acids is 1. The molecule has 0 radical (unpaired) electrons. The second kappa shape index (κ2) is 6.90. The lowest BCUT2D eigenvalue weighted by atomic mass is 9.87. The third-order valence-electron chi connectivity index (χ3n) is 3.47. The standard InChI is InChI=1S/C18H20O2/c1-3-7-17(14-8-5-4-6-9-14)18(19)15-10-12-16(20-2)13-11-15/h4-6,8-13,17H,3,7H2,1-2H3/t17-/m0/s1. The normalized spacial score (nSPS) is 11.9. The van der Waals surface area contributed by atoms with Crippen LogP contribution < -0.4 is 4.74 Å². The Morgan fingerprint density at radius 1 is 1.05 bits per heavy atom. The zero-order valence-electron chi connectivity index (χ0n) is 12.0. The average molecular weight is 268 g/mol. The lowest BCUT2D eigenvalue weighted by molar-refractivity contribution is 0.0954. The van der Waals surface area contributed by atoms with E-state index in [4.69, 9.17) is 4.74 Å². The second-order valence-electron chi connectivity index (χ2n) is 4.84. The fourth-order valence-electron chi connectivity index (χ4n) is 2.38. The van der Waals surface area contributed by atoms with Gasteiger partial charge in [-0.05, 0) is 36.2 Å². The fourth-order valence-corrected chi connectivity index (χ4v) is 2.38. The Bertz CT molecular complexity index is 543. The molecule has 0 aliphatic carbocycles. The SMILES string of the molecule is CCC[C@H](C(=O)c1ccc(OC)cc1)c1ccccc1. The molecule has 0 spiro atoms. The molecule has 0 aromatic heterocycles. The smallest absolute Gasteiger partial charge is 0.170 e. The maximum Gasteiger partial charge on any atom is 0.170 e. The predicted molar refractivity (Wildman–Crippen MR) is 81.4 cm³/mol. The first-order valence-corrected chi connectivity index (χ1v) is 6.99. The first-order chi connectivity index (χ1) is 9.76. The van der Waals surface area contributed by atoms with Crippen molar-refractivity contribution in [1.82, 2.24) is 0 Å². The average Bonchev–Trinajstić information content (AvgIpc) is 2.53. The van der Waals surface area contributed by atoms with Crippen LogP contribution in [0.15, 0.2) is 54.6 Å². The minimum atomic E-state index is -0.0606. The summed E-state index contributed by atoms with van der Waals surface area (Å²) >= 11 is 0. The van der Waals surface area contributed by atoms with Crippen LogP contribution in [0.3, 0.4) is 0 Å². The van der Waals surface area contributed by atoms with E-state index in [1.807, 2.05) is 54.6 Å². The highest BCUT2D eigenvalue weighted by Gasteiger charge is 2.20. The molecule has 0 heterocycles. The Balaban J connectivity index is 2.26. The lowest BCUT2D eigenvalue weighted by Crippen LogP contribution is -2.13. The van der Waals surface area contributed by atoms with E-state index in [1.165, 1.54) is 0 Å². The zero-order chi connectivity index (χ0) is 14.4. The minimum Gasteiger partial charge on any atom is -0.497 e. The number of carbonyl (C=O) groups is 1. The van der Waals surface area contributed by atoms with E-state index in [9.17, 15) is 4.79 Å². The van der Waals surface area contributed by atoms with Crippen LogP contribution in [0.25, 0.3) is 0 Å². The van der Waals surface area contributed by atoms with E-state index >= 15 is 0 Å². The molecule has 0 saturated carbocycles. The zero-order valence-corrected chi connectivity index (χ0v) is 12.0. The van der Waals surface area contributed by atoms with Crippen molar-refractivity contribution in [3.05, 3.63) is 65.7 Å². The van der Waals surface area contributed by atoms with Gasteiger partial charge < -0.3 is 4.74 Å². The molecule has 2 rings (SSSR count). The molecule has 2 aromatic carbocycles. The largest absolute Gasteiger partial charge is 0.497 e. The predicted octanol–water partition coefficient (Wildman–Crippen LogP) is 4.46. The molecule has 2 heteroatoms. The molecule has 0 N–H and O–H groups in total. The molecule has 0 fully saturated rings. The maximum atomic E-state index is 12.7. The quantitative estimate of drug-likeness (QED) is 0.723. The highest BCUT2D eigenvalue weighted by Crippen LogP contribution is 2.26. The van der Waals surface area contributed by atoms with Gasteiger partial charge in [-0.3, -0.25) is 4.79 Å². The minimum absolute atomic E-state index is 0.0606. The van der Waals surface area contributed by atoms with Crippen molar-refractivity contribution in [2.75, 3.05) is 7.11 Å². The van der Waals surface area contributed by atoms with Gasteiger partial charge in [-0.2, -0.15) is 0 Å². The van der Waals surface area contributed by atoms with Crippen molar-refractivity contribution in [2.45, 2.75) is 25.7 Å². The van der Waals surface area contributed by atoms with Crippen molar-refractivity contribution >= 4 is 5.78 Å². The lowest BCUT2D eigenvalue weighted by Gasteiger charge is -2.15. The summed E-state index contributed by atoms with van der Waals surface area (Å²) < 4.78 is 5.13. The molecule has 104 valence electrons. The molecule has 0 aliphatic heterocycles. The number of rotatable bonds is 6. The monoisotopic (exact) mass is 268 g/mol. The molecule has 0 saturated heterocycles. The van der Waals surface area contributed by atoms with E-state index in [0.29, 0.717) is 0 Å². The number of ether oxygens (including phenoxy) is 1. The van der Waals surface area contributed by atoms with Gasteiger partial charge in [0.1, 0.15) is 5.75 Å². The number of hydrogen-bond acceptors (Lipinski definition) is 2. The molecule has 2 aromatic rings. The summed E-state index contributed by atoms with van der Waals surface area (Å²) in [5, 5.41) is 0. The molecule has 20 heavy (non-hydrogen) atoms. The van der Waals surface area contributed by atoms with Crippen molar-refractivity contribution in [3.63, 3.8) is 0 Å². The Morgan fingerprint density at radius 2 is 1.70 bits per heavy atom. The summed E-state index contributed by atoms with van der Waals surface area (Å²) in [4.78, 5) is 12.7. The summed E-state index contributed by atoms with van der Waals surface area (Å²) in [6.45, 7) is 2.11. The van der Waals surface area contributed by atoms with Crippen LogP contribution in [0, 0.1) is 0 Å². The Hall–Kier alpha value is -2.09. The van der Waals surface area contributed by atoms with E-state index in [-0.39, 0.29) is 11.7 Å². The Kier molecular flexibility index (Phi) is 4.94. The van der Waals surface area contributed by atoms with Gasteiger partial charge in [0.15, 0.2) is 5.78 Å². The van der Waals surface area contributed by atoms with Crippen LogP contribution >= 0.6 is 0 Å². The molecular weight excluding hydrogens is 248 g/mol. The van der Waals surface area contributed by atoms with Crippen molar-refractivity contribution < 1.29 is 9.53 Å². The highest BCUT2D eigenvalue weighted by molar-refractivity contribution is 6.01. The number of hydrogen-bond donors (Lipinski definition) is 0. The van der Waals surface area contributed by atoms with Crippen LogP contribution in [-0.2, 0) is 0 Å². The third kappa shape index (κ3) is 3.27. The van der Waals surface area contributed by atoms with Gasteiger partial charge in [-0.15, -0.1) is 0 Å². The number of Topliss-reactive ketones (excluding diaryl/α,β-unsaturated/α-hetero) is 1. The number of ketones is 1. The van der Waals surface area contributed by atoms with Gasteiger partial charge in [0.2, 0.25) is 0 Å². The summed E-state index contributed by atoms with van der Waals surface area (Å²) in [5.41, 5.74) is 1.84. The van der Waals surface area contributed by atoms with Gasteiger partial charge in [-0.25, -0.2) is 0 Å². The van der Waals surface area contributed by atoms with Crippen LogP contribution in [0.1, 0.15) is 41.6 Å². The van der Waals surface area contributed by atoms with Gasteiger partial charge in [0.05, 0.1) is 7.11 Å². The van der Waals surface area contributed by atoms with Crippen LogP contribution in [0.2, 0.25) is 0 Å². The van der Waals surface area contributed by atoms with Crippen LogP contribution in [0.4, 0.5) is 0 Å². The molecular formula is C18H20O2. The molecule has 0 aliphatic rings. The van der Waals surface area contributed by atoms with Crippen LogP contribution in [-0.4, -0.2) is 12.9 Å². The molecule has 0 amide bonds. The van der Waals surface area contributed by atoms with Crippen molar-refractivity contribution in [1.29, 1.82) is 0 Å². The van der Waals surface area contributed by atoms with Crippen LogP contribution in [0.5, 0.6) is 5.75 Å².